The molecule has 1 aromatic rings. The molecule has 78 valence electrons. The number of hydrogen-bond acceptors (Lipinski definition) is 3. The van der Waals surface area contributed by atoms with Crippen molar-refractivity contribution in [3.63, 3.8) is 0 Å². The van der Waals surface area contributed by atoms with Gasteiger partial charge in [0.25, 0.3) is 0 Å². The Morgan fingerprint density at radius 3 is 2.73 bits per heavy atom. The van der Waals surface area contributed by atoms with Crippen molar-refractivity contribution in [3.05, 3.63) is 35.9 Å². The summed E-state index contributed by atoms with van der Waals surface area (Å²) < 4.78 is 0. The molecule has 0 saturated carbocycles. The van der Waals surface area contributed by atoms with Crippen LogP contribution < -0.4 is 5.73 Å². The fourth-order valence-electron chi connectivity index (χ4n) is 1.62. The number of hydrogen-bond donors (Lipinski definition) is 2. The Morgan fingerprint density at radius 1 is 1.47 bits per heavy atom. The normalized spacial score (nSPS) is 24.5. The first kappa shape index (κ1) is 10.1. The maximum absolute atomic E-state index is 10.4. The summed E-state index contributed by atoms with van der Waals surface area (Å²) >= 11 is 4.83. The fraction of sp³-hybridized carbons (Fsp3) is 0.200. The lowest BCUT2D eigenvalue weighted by atomic mass is 10.0. The number of benzene rings is 1. The third-order valence-electron chi connectivity index (χ3n) is 2.37. The van der Waals surface area contributed by atoms with Crippen LogP contribution in [0.25, 0.3) is 0 Å². The molecule has 0 amide bonds. The van der Waals surface area contributed by atoms with Crippen molar-refractivity contribution >= 4 is 23.5 Å². The van der Waals surface area contributed by atoms with E-state index in [9.17, 15) is 5.11 Å². The van der Waals surface area contributed by atoms with Crippen LogP contribution in [0.2, 0.25) is 0 Å². The Bertz CT molecular complexity index is 406. The number of nitrogens with zero attached hydrogens (tertiary/aromatic N) is 2. The van der Waals surface area contributed by atoms with E-state index in [-0.39, 0.29) is 5.11 Å². The molecule has 0 radical (unpaired) electrons. The van der Waals surface area contributed by atoms with Crippen LogP contribution in [-0.4, -0.2) is 21.4 Å². The first-order valence-corrected chi connectivity index (χ1v) is 4.95. The van der Waals surface area contributed by atoms with Gasteiger partial charge in [0.2, 0.25) is 0 Å². The molecular formula is C10H11N3OS. The zero-order chi connectivity index (χ0) is 10.9. The maximum Gasteiger partial charge on any atom is 0.192 e. The molecule has 0 aliphatic carbocycles. The molecule has 1 heterocycles. The van der Waals surface area contributed by atoms with E-state index in [2.05, 4.69) is 5.10 Å². The van der Waals surface area contributed by atoms with E-state index in [4.69, 9.17) is 18.0 Å². The summed E-state index contributed by atoms with van der Waals surface area (Å²) in [4.78, 5) is 0. The van der Waals surface area contributed by atoms with Crippen molar-refractivity contribution in [3.8, 4) is 0 Å². The molecule has 1 atom stereocenters. The van der Waals surface area contributed by atoms with Crippen LogP contribution in [0.3, 0.4) is 0 Å². The topological polar surface area (TPSA) is 61.8 Å². The summed E-state index contributed by atoms with van der Waals surface area (Å²) in [6, 6.07) is 9.22. The Morgan fingerprint density at radius 2 is 2.13 bits per heavy atom. The van der Waals surface area contributed by atoms with Gasteiger partial charge >= 0.3 is 0 Å². The quantitative estimate of drug-likeness (QED) is 0.687. The highest BCUT2D eigenvalue weighted by molar-refractivity contribution is 7.80. The van der Waals surface area contributed by atoms with Gasteiger partial charge in [0.05, 0.1) is 0 Å². The summed E-state index contributed by atoms with van der Waals surface area (Å²) in [5.74, 6) is 0. The number of hydrazone groups is 1. The summed E-state index contributed by atoms with van der Waals surface area (Å²) in [6.07, 6.45) is 1.99. The van der Waals surface area contributed by atoms with Crippen molar-refractivity contribution in [2.75, 3.05) is 0 Å². The predicted octanol–water partition coefficient (Wildman–Crippen LogP) is 0.767. The third kappa shape index (κ3) is 1.60. The fourth-order valence-corrected chi connectivity index (χ4v) is 1.81. The highest BCUT2D eigenvalue weighted by atomic mass is 32.1. The molecule has 0 unspecified atom stereocenters. The van der Waals surface area contributed by atoms with Crippen LogP contribution in [0.4, 0.5) is 0 Å². The monoisotopic (exact) mass is 221 g/mol. The van der Waals surface area contributed by atoms with E-state index in [1.165, 1.54) is 5.01 Å². The molecule has 4 nitrogen and oxygen atoms in total. The molecule has 0 saturated heterocycles. The van der Waals surface area contributed by atoms with Crippen LogP contribution in [0, 0.1) is 0 Å². The Labute approximate surface area is 93.0 Å². The highest BCUT2D eigenvalue weighted by Crippen LogP contribution is 2.32. The Balaban J connectivity index is 2.39. The van der Waals surface area contributed by atoms with Crippen LogP contribution in [0.1, 0.15) is 12.0 Å². The van der Waals surface area contributed by atoms with Gasteiger partial charge in [-0.1, -0.05) is 30.3 Å². The van der Waals surface area contributed by atoms with Crippen LogP contribution in [-0.2, 0) is 5.72 Å². The maximum atomic E-state index is 10.4. The minimum absolute atomic E-state index is 0.0649. The summed E-state index contributed by atoms with van der Waals surface area (Å²) in [5, 5.41) is 15.7. The molecule has 5 heteroatoms. The number of rotatable bonds is 1. The second-order valence-electron chi connectivity index (χ2n) is 3.33. The lowest BCUT2D eigenvalue weighted by Gasteiger charge is -2.31. The SMILES string of the molecule is NC(=S)N1N=CC[C@@]1(O)c1ccccc1. The molecule has 2 rings (SSSR count). The summed E-state index contributed by atoms with van der Waals surface area (Å²) in [7, 11) is 0. The van der Waals surface area contributed by atoms with E-state index in [0.717, 1.165) is 5.56 Å². The van der Waals surface area contributed by atoms with E-state index in [1.54, 1.807) is 6.21 Å². The van der Waals surface area contributed by atoms with Gasteiger partial charge in [0.15, 0.2) is 10.8 Å². The number of nitrogens with two attached hydrogens (primary N) is 1. The predicted molar refractivity (Wildman–Crippen MR) is 62.1 cm³/mol. The first-order valence-electron chi connectivity index (χ1n) is 4.54. The Kier molecular flexibility index (Phi) is 2.42. The first-order chi connectivity index (χ1) is 7.14. The van der Waals surface area contributed by atoms with Crippen LogP contribution >= 0.6 is 12.2 Å². The van der Waals surface area contributed by atoms with Crippen molar-refractivity contribution in [2.24, 2.45) is 10.8 Å². The minimum atomic E-state index is -1.23. The number of thiocarbonyl (C=S) groups is 1. The average Bonchev–Trinajstić information content (AvgIpc) is 2.63. The second kappa shape index (κ2) is 3.60. The molecule has 0 fully saturated rings. The number of aliphatic hydroxyl groups is 1. The van der Waals surface area contributed by atoms with Gasteiger partial charge in [-0.05, 0) is 12.2 Å². The smallest absolute Gasteiger partial charge is 0.192 e. The van der Waals surface area contributed by atoms with E-state index >= 15 is 0 Å². The van der Waals surface area contributed by atoms with Gasteiger partial charge in [-0.3, -0.25) is 0 Å². The average molecular weight is 221 g/mol. The molecular weight excluding hydrogens is 210 g/mol. The standard InChI is InChI=1S/C10H11N3OS/c11-9(15)13-10(14,6-7-12-13)8-4-2-1-3-5-8/h1-5,7,14H,6H2,(H2,11,15)/t10-/m1/s1. The molecule has 15 heavy (non-hydrogen) atoms. The molecule has 0 spiro atoms. The molecule has 3 N–H and O–H groups in total. The summed E-state index contributed by atoms with van der Waals surface area (Å²) in [5.41, 5.74) is 5.00. The van der Waals surface area contributed by atoms with Gasteiger partial charge in [-0.25, -0.2) is 5.01 Å². The van der Waals surface area contributed by atoms with Crippen molar-refractivity contribution in [2.45, 2.75) is 12.1 Å². The lowest BCUT2D eigenvalue weighted by molar-refractivity contribution is -0.0563. The molecule has 0 bridgehead atoms. The largest absolute Gasteiger partial charge is 0.375 e. The van der Waals surface area contributed by atoms with Gasteiger partial charge in [0.1, 0.15) is 0 Å². The van der Waals surface area contributed by atoms with Gasteiger partial charge in [-0.15, -0.1) is 0 Å². The minimum Gasteiger partial charge on any atom is -0.375 e. The molecule has 1 aliphatic heterocycles. The van der Waals surface area contributed by atoms with E-state index < -0.39 is 5.72 Å². The Hall–Kier alpha value is -1.46. The molecule has 1 aliphatic rings. The summed E-state index contributed by atoms with van der Waals surface area (Å²) in [6.45, 7) is 0. The zero-order valence-corrected chi connectivity index (χ0v) is 8.81. The van der Waals surface area contributed by atoms with Gasteiger partial charge < -0.3 is 10.8 Å². The van der Waals surface area contributed by atoms with Crippen molar-refractivity contribution < 1.29 is 5.11 Å². The molecule has 0 aromatic heterocycles. The van der Waals surface area contributed by atoms with Crippen molar-refractivity contribution in [1.29, 1.82) is 0 Å². The third-order valence-corrected chi connectivity index (χ3v) is 2.54. The van der Waals surface area contributed by atoms with E-state index in [1.807, 2.05) is 30.3 Å². The highest BCUT2D eigenvalue weighted by Gasteiger charge is 2.40. The lowest BCUT2D eigenvalue weighted by Crippen LogP contribution is -2.45. The van der Waals surface area contributed by atoms with Gasteiger partial charge in [-0.2, -0.15) is 5.10 Å². The van der Waals surface area contributed by atoms with Gasteiger partial charge in [0, 0.05) is 18.2 Å². The van der Waals surface area contributed by atoms with Crippen LogP contribution in [0.5, 0.6) is 0 Å². The molecule has 1 aromatic carbocycles. The van der Waals surface area contributed by atoms with Crippen LogP contribution in [0.15, 0.2) is 35.4 Å². The van der Waals surface area contributed by atoms with E-state index in [0.29, 0.717) is 6.42 Å². The van der Waals surface area contributed by atoms with Crippen molar-refractivity contribution in [1.82, 2.24) is 5.01 Å². The zero-order valence-electron chi connectivity index (χ0n) is 8.00. The second-order valence-corrected chi connectivity index (χ2v) is 3.75.